The van der Waals surface area contributed by atoms with Gasteiger partial charge in [0.25, 0.3) is 0 Å². The molecule has 0 spiro atoms. The Bertz CT molecular complexity index is 1590. The molecule has 1 fully saturated rings. The molecular weight excluding hydrogens is 541 g/mol. The topological polar surface area (TPSA) is 18.5 Å². The predicted molar refractivity (Wildman–Crippen MR) is 177 cm³/mol. The van der Waals surface area contributed by atoms with Crippen LogP contribution in [0.5, 0.6) is 0 Å². The van der Waals surface area contributed by atoms with Gasteiger partial charge in [-0.05, 0) is 22.3 Å². The molecule has 0 unspecified atom stereocenters. The average molecular weight is 573 g/mol. The lowest BCUT2D eigenvalue weighted by atomic mass is 9.81. The Morgan fingerprint density at radius 2 is 0.791 bits per heavy atom. The molecule has 0 N–H and O–H groups in total. The van der Waals surface area contributed by atoms with E-state index in [1.807, 2.05) is 0 Å². The first-order valence-electron chi connectivity index (χ1n) is 14.7. The number of benzene rings is 6. The third-order valence-corrected chi connectivity index (χ3v) is 11.5. The fourth-order valence-corrected chi connectivity index (χ4v) is 9.63. The van der Waals surface area contributed by atoms with Crippen LogP contribution in [0.4, 0.5) is 0 Å². The molecule has 3 heteroatoms. The van der Waals surface area contributed by atoms with E-state index in [1.165, 1.54) is 0 Å². The number of hydrogen-bond acceptors (Lipinski definition) is 2. The van der Waals surface area contributed by atoms with Gasteiger partial charge >= 0.3 is 8.56 Å². The van der Waals surface area contributed by atoms with E-state index < -0.39 is 14.2 Å². The zero-order valence-electron chi connectivity index (χ0n) is 23.8. The lowest BCUT2D eigenvalue weighted by Crippen LogP contribution is -2.68. The summed E-state index contributed by atoms with van der Waals surface area (Å²) in [7, 11) is -3.39. The molecule has 1 heterocycles. The Morgan fingerprint density at radius 1 is 0.442 bits per heavy atom. The highest BCUT2D eigenvalue weighted by Gasteiger charge is 2.57. The minimum absolute atomic E-state index is 0.536. The molecule has 0 bridgehead atoms. The van der Waals surface area contributed by atoms with E-state index in [2.05, 4.69) is 182 Å². The summed E-state index contributed by atoms with van der Waals surface area (Å²) in [5, 5.41) is 2.13. The maximum Gasteiger partial charge on any atom is 0.469 e. The highest BCUT2D eigenvalue weighted by atomic mass is 28.4. The van der Waals surface area contributed by atoms with E-state index in [1.54, 1.807) is 0 Å². The highest BCUT2D eigenvalue weighted by molar-refractivity contribution is 6.93. The van der Waals surface area contributed by atoms with Crippen molar-refractivity contribution in [3.63, 3.8) is 0 Å². The van der Waals surface area contributed by atoms with Gasteiger partial charge in [-0.1, -0.05) is 182 Å². The zero-order chi connectivity index (χ0) is 29.0. The van der Waals surface area contributed by atoms with Crippen LogP contribution in [0, 0.1) is 0 Å². The van der Waals surface area contributed by atoms with Crippen LogP contribution >= 0.6 is 0 Å². The third-order valence-electron chi connectivity index (χ3n) is 8.19. The average Bonchev–Trinajstić information content (AvgIpc) is 3.11. The minimum atomic E-state index is -3.39. The number of rotatable bonds is 6. The van der Waals surface area contributed by atoms with Gasteiger partial charge in [-0.3, -0.25) is 0 Å². The maximum absolute atomic E-state index is 7.74. The second kappa shape index (κ2) is 11.7. The molecule has 1 aliphatic rings. The van der Waals surface area contributed by atoms with Gasteiger partial charge in [0.2, 0.25) is 0 Å². The largest absolute Gasteiger partial charge is 0.517 e. The van der Waals surface area contributed by atoms with E-state index >= 15 is 0 Å². The van der Waals surface area contributed by atoms with Crippen LogP contribution in [0.15, 0.2) is 188 Å². The third kappa shape index (κ3) is 5.03. The van der Waals surface area contributed by atoms with Crippen molar-refractivity contribution in [2.75, 3.05) is 0 Å². The first-order valence-corrected chi connectivity index (χ1v) is 16.6. The van der Waals surface area contributed by atoms with Gasteiger partial charge in [-0.25, -0.2) is 0 Å². The van der Waals surface area contributed by atoms with E-state index in [4.69, 9.17) is 8.85 Å². The van der Waals surface area contributed by atoms with Crippen molar-refractivity contribution in [3.8, 4) is 0 Å². The maximum atomic E-state index is 7.74. The summed E-state index contributed by atoms with van der Waals surface area (Å²) in [5.41, 5.74) is 4.72. The quantitative estimate of drug-likeness (QED) is 0.188. The van der Waals surface area contributed by atoms with Gasteiger partial charge in [-0.15, -0.1) is 0 Å². The smallest absolute Gasteiger partial charge is 0.469 e. The molecule has 0 saturated carbocycles. The molecule has 208 valence electrons. The minimum Gasteiger partial charge on any atom is -0.517 e. The van der Waals surface area contributed by atoms with Crippen molar-refractivity contribution in [2.24, 2.45) is 0 Å². The van der Waals surface area contributed by atoms with Gasteiger partial charge in [0.1, 0.15) is 5.60 Å². The molecule has 0 radical (unpaired) electrons. The summed E-state index contributed by atoms with van der Waals surface area (Å²) in [4.78, 5) is 0. The Hall–Kier alpha value is -4.96. The molecule has 0 amide bonds. The van der Waals surface area contributed by atoms with E-state index in [0.29, 0.717) is 6.42 Å². The molecule has 1 aliphatic heterocycles. The lowest BCUT2D eigenvalue weighted by Gasteiger charge is -2.49. The Labute approximate surface area is 254 Å². The van der Waals surface area contributed by atoms with Gasteiger partial charge < -0.3 is 8.85 Å². The van der Waals surface area contributed by atoms with Gasteiger partial charge in [0, 0.05) is 22.4 Å². The molecule has 0 atom stereocenters. The van der Waals surface area contributed by atoms with Crippen molar-refractivity contribution in [1.29, 1.82) is 0 Å². The van der Waals surface area contributed by atoms with Crippen molar-refractivity contribution in [1.82, 2.24) is 0 Å². The molecule has 2 nitrogen and oxygen atoms in total. The molecule has 6 aromatic rings. The fourth-order valence-electron chi connectivity index (χ4n) is 6.20. The van der Waals surface area contributed by atoms with Crippen LogP contribution in [-0.2, 0) is 14.5 Å². The normalized spacial score (nSPS) is 15.3. The summed E-state index contributed by atoms with van der Waals surface area (Å²) in [6.07, 6.45) is 0.536. The van der Waals surface area contributed by atoms with Crippen LogP contribution in [-0.4, -0.2) is 8.56 Å². The molecule has 1 saturated heterocycles. The molecule has 0 aromatic heterocycles. The molecule has 6 aromatic carbocycles. The van der Waals surface area contributed by atoms with Gasteiger partial charge in [-0.2, -0.15) is 0 Å². The van der Waals surface area contributed by atoms with Crippen molar-refractivity contribution >= 4 is 24.5 Å². The second-order valence-corrected chi connectivity index (χ2v) is 13.6. The van der Waals surface area contributed by atoms with Crippen LogP contribution in [0.2, 0.25) is 0 Å². The Morgan fingerprint density at radius 3 is 1.19 bits per heavy atom. The van der Waals surface area contributed by atoms with E-state index in [-0.39, 0.29) is 0 Å². The fraction of sp³-hybridized carbons (Fsp3) is 0.0500. The lowest BCUT2D eigenvalue weighted by molar-refractivity contribution is 0.0301. The van der Waals surface area contributed by atoms with E-state index in [0.717, 1.165) is 44.0 Å². The van der Waals surface area contributed by atoms with Crippen LogP contribution in [0.25, 0.3) is 5.57 Å². The summed E-state index contributed by atoms with van der Waals surface area (Å²) in [6.45, 7) is 0. The van der Waals surface area contributed by atoms with Crippen molar-refractivity contribution in [2.45, 2.75) is 12.0 Å². The highest BCUT2D eigenvalue weighted by Crippen LogP contribution is 2.48. The van der Waals surface area contributed by atoms with Gasteiger partial charge in [0.05, 0.1) is 5.76 Å². The first kappa shape index (κ1) is 26.9. The zero-order valence-corrected chi connectivity index (χ0v) is 24.8. The standard InChI is InChI=1S/C40H32O2Si/c1-7-19-32(20-8-1)39(33-21-9-2-10-22-33)38-31-40(34-23-11-3-12-24-34,35-25-13-4-14-26-35)42-43(41-38,36-27-15-5-16-28-36)37-29-17-6-18-30-37/h1-30H,31H2. The van der Waals surface area contributed by atoms with Crippen LogP contribution < -0.4 is 10.4 Å². The monoisotopic (exact) mass is 572 g/mol. The van der Waals surface area contributed by atoms with Crippen LogP contribution in [0.3, 0.4) is 0 Å². The summed E-state index contributed by atoms with van der Waals surface area (Å²) in [6, 6.07) is 63.6. The Balaban J connectivity index is 1.61. The van der Waals surface area contributed by atoms with Crippen molar-refractivity contribution < 1.29 is 8.85 Å². The Kier molecular flexibility index (Phi) is 7.34. The molecule has 43 heavy (non-hydrogen) atoms. The number of hydrogen-bond donors (Lipinski definition) is 0. The first-order chi connectivity index (χ1) is 21.3. The SMILES string of the molecule is c1ccc(C(=C2CC(c3ccccc3)(c3ccccc3)O[Si](c3ccccc3)(c3ccccc3)O2)c2ccccc2)cc1. The van der Waals surface area contributed by atoms with Crippen LogP contribution in [0.1, 0.15) is 28.7 Å². The molecular formula is C40H32O2Si. The summed E-state index contributed by atoms with van der Waals surface area (Å²) >= 11 is 0. The summed E-state index contributed by atoms with van der Waals surface area (Å²) in [5.74, 6) is 0.927. The second-order valence-electron chi connectivity index (χ2n) is 10.8. The van der Waals surface area contributed by atoms with E-state index in [9.17, 15) is 0 Å². The summed E-state index contributed by atoms with van der Waals surface area (Å²) < 4.78 is 15.3. The predicted octanol–water partition coefficient (Wildman–Crippen LogP) is 8.08. The van der Waals surface area contributed by atoms with Gasteiger partial charge in [0.15, 0.2) is 0 Å². The molecule has 0 aliphatic carbocycles. The van der Waals surface area contributed by atoms with Crippen molar-refractivity contribution in [3.05, 3.63) is 210 Å². The molecule has 7 rings (SSSR count).